The molecule has 3 atom stereocenters. The van der Waals surface area contributed by atoms with Crippen LogP contribution >= 0.6 is 0 Å². The van der Waals surface area contributed by atoms with Gasteiger partial charge in [-0.15, -0.1) is 0 Å². The van der Waals surface area contributed by atoms with E-state index in [-0.39, 0.29) is 6.10 Å². The molecular formula is C16H23N3O. The van der Waals surface area contributed by atoms with Gasteiger partial charge in [0, 0.05) is 19.1 Å². The van der Waals surface area contributed by atoms with Crippen molar-refractivity contribution in [1.29, 1.82) is 5.26 Å². The molecule has 0 aromatic heterocycles. The second-order valence-corrected chi connectivity index (χ2v) is 5.69. The zero-order valence-electron chi connectivity index (χ0n) is 12.2. The van der Waals surface area contributed by atoms with Gasteiger partial charge in [-0.25, -0.2) is 0 Å². The molecule has 2 N–H and O–H groups in total. The average molecular weight is 273 g/mol. The Bertz CT molecular complexity index is 470. The monoisotopic (exact) mass is 273 g/mol. The maximum atomic E-state index is 9.47. The summed E-state index contributed by atoms with van der Waals surface area (Å²) in [5.41, 5.74) is 6.27. The number of nitrogens with two attached hydrogens (primary N) is 1. The van der Waals surface area contributed by atoms with Gasteiger partial charge < -0.3 is 10.5 Å². The van der Waals surface area contributed by atoms with Crippen LogP contribution in [-0.2, 0) is 10.3 Å². The van der Waals surface area contributed by atoms with E-state index < -0.39 is 5.54 Å². The normalized spacial score (nSPS) is 26.7. The van der Waals surface area contributed by atoms with Gasteiger partial charge in [-0.05, 0) is 25.8 Å². The standard InChI is InChI=1S/C16H23N3O/c1-13-11-20-14(2)10-19(13)9-8-16(18,12-17)15-6-4-3-5-7-15/h3-7,13-14H,8-11,18H2,1-2H3. The van der Waals surface area contributed by atoms with Crippen molar-refractivity contribution < 1.29 is 4.74 Å². The van der Waals surface area contributed by atoms with Crippen LogP contribution in [0, 0.1) is 11.3 Å². The molecule has 1 aromatic carbocycles. The van der Waals surface area contributed by atoms with Crippen LogP contribution in [0.2, 0.25) is 0 Å². The van der Waals surface area contributed by atoms with Crippen molar-refractivity contribution in [2.75, 3.05) is 19.7 Å². The van der Waals surface area contributed by atoms with Crippen LogP contribution in [0.5, 0.6) is 0 Å². The molecule has 0 aliphatic carbocycles. The SMILES string of the molecule is CC1CN(CCC(N)(C#N)c2ccccc2)C(C)CO1. The number of nitrogens with zero attached hydrogens (tertiary/aromatic N) is 2. The maximum absolute atomic E-state index is 9.47. The molecule has 4 heteroatoms. The molecule has 0 bridgehead atoms. The molecule has 1 aromatic rings. The molecule has 4 nitrogen and oxygen atoms in total. The van der Waals surface area contributed by atoms with Gasteiger partial charge in [-0.2, -0.15) is 5.26 Å². The van der Waals surface area contributed by atoms with Crippen LogP contribution in [0.15, 0.2) is 30.3 Å². The van der Waals surface area contributed by atoms with Crippen LogP contribution < -0.4 is 5.73 Å². The van der Waals surface area contributed by atoms with Crippen LogP contribution in [0.3, 0.4) is 0 Å². The summed E-state index contributed by atoms with van der Waals surface area (Å²) in [5, 5.41) is 9.47. The molecule has 3 unspecified atom stereocenters. The topological polar surface area (TPSA) is 62.3 Å². The van der Waals surface area contributed by atoms with E-state index in [0.717, 1.165) is 25.3 Å². The van der Waals surface area contributed by atoms with Crippen molar-refractivity contribution in [2.24, 2.45) is 5.73 Å². The van der Waals surface area contributed by atoms with Crippen molar-refractivity contribution in [3.8, 4) is 6.07 Å². The van der Waals surface area contributed by atoms with Gasteiger partial charge >= 0.3 is 0 Å². The molecule has 1 saturated heterocycles. The highest BCUT2D eigenvalue weighted by molar-refractivity contribution is 5.30. The highest BCUT2D eigenvalue weighted by atomic mass is 16.5. The first kappa shape index (κ1) is 15.0. The summed E-state index contributed by atoms with van der Waals surface area (Å²) in [6, 6.07) is 12.3. The Morgan fingerprint density at radius 2 is 2.10 bits per heavy atom. The minimum absolute atomic E-state index is 0.247. The molecule has 1 fully saturated rings. The first-order valence-corrected chi connectivity index (χ1v) is 7.16. The second-order valence-electron chi connectivity index (χ2n) is 5.69. The number of benzene rings is 1. The lowest BCUT2D eigenvalue weighted by Crippen LogP contribution is -2.49. The number of nitriles is 1. The van der Waals surface area contributed by atoms with E-state index in [2.05, 4.69) is 24.8 Å². The Morgan fingerprint density at radius 1 is 1.40 bits per heavy atom. The lowest BCUT2D eigenvalue weighted by Gasteiger charge is -2.38. The molecule has 1 aliphatic heterocycles. The number of rotatable bonds is 4. The summed E-state index contributed by atoms with van der Waals surface area (Å²) in [6.45, 7) is 6.69. The summed E-state index contributed by atoms with van der Waals surface area (Å²) in [4.78, 5) is 2.36. The summed E-state index contributed by atoms with van der Waals surface area (Å²) in [7, 11) is 0. The fraction of sp³-hybridized carbons (Fsp3) is 0.562. The Balaban J connectivity index is 2.02. The predicted molar refractivity (Wildman–Crippen MR) is 79.0 cm³/mol. The van der Waals surface area contributed by atoms with Gasteiger partial charge in [0.1, 0.15) is 5.54 Å². The number of hydrogen-bond donors (Lipinski definition) is 1. The van der Waals surface area contributed by atoms with E-state index in [9.17, 15) is 5.26 Å². The van der Waals surface area contributed by atoms with E-state index in [1.54, 1.807) is 0 Å². The fourth-order valence-corrected chi connectivity index (χ4v) is 2.60. The van der Waals surface area contributed by atoms with Crippen molar-refractivity contribution >= 4 is 0 Å². The summed E-state index contributed by atoms with van der Waals surface area (Å²) in [5.74, 6) is 0. The summed E-state index contributed by atoms with van der Waals surface area (Å²) >= 11 is 0. The van der Waals surface area contributed by atoms with Gasteiger partial charge in [0.05, 0.1) is 18.8 Å². The van der Waals surface area contributed by atoms with Gasteiger partial charge in [0.25, 0.3) is 0 Å². The highest BCUT2D eigenvalue weighted by Crippen LogP contribution is 2.23. The van der Waals surface area contributed by atoms with Gasteiger partial charge in [-0.1, -0.05) is 30.3 Å². The Labute approximate surface area is 121 Å². The van der Waals surface area contributed by atoms with E-state index >= 15 is 0 Å². The molecular weight excluding hydrogens is 250 g/mol. The minimum Gasteiger partial charge on any atom is -0.376 e. The highest BCUT2D eigenvalue weighted by Gasteiger charge is 2.30. The van der Waals surface area contributed by atoms with Crippen molar-refractivity contribution in [1.82, 2.24) is 4.90 Å². The fourth-order valence-electron chi connectivity index (χ4n) is 2.60. The van der Waals surface area contributed by atoms with Crippen LogP contribution in [0.4, 0.5) is 0 Å². The smallest absolute Gasteiger partial charge is 0.131 e. The first-order chi connectivity index (χ1) is 9.55. The van der Waals surface area contributed by atoms with Crippen molar-refractivity contribution in [2.45, 2.75) is 38.0 Å². The third-order valence-corrected chi connectivity index (χ3v) is 4.02. The van der Waals surface area contributed by atoms with E-state index in [0.29, 0.717) is 12.5 Å². The van der Waals surface area contributed by atoms with Crippen LogP contribution in [0.25, 0.3) is 0 Å². The Morgan fingerprint density at radius 3 is 2.75 bits per heavy atom. The van der Waals surface area contributed by atoms with Gasteiger partial charge in [0.15, 0.2) is 0 Å². The molecule has 20 heavy (non-hydrogen) atoms. The second kappa shape index (κ2) is 6.36. The number of ether oxygens (including phenoxy) is 1. The molecule has 0 amide bonds. The van der Waals surface area contributed by atoms with Gasteiger partial charge in [-0.3, -0.25) is 4.90 Å². The third-order valence-electron chi connectivity index (χ3n) is 4.02. The molecule has 0 radical (unpaired) electrons. The quantitative estimate of drug-likeness (QED) is 0.909. The maximum Gasteiger partial charge on any atom is 0.131 e. The average Bonchev–Trinajstić information content (AvgIpc) is 2.49. The lowest BCUT2D eigenvalue weighted by molar-refractivity contribution is -0.0506. The molecule has 1 aliphatic rings. The molecule has 1 heterocycles. The van der Waals surface area contributed by atoms with Crippen molar-refractivity contribution in [3.63, 3.8) is 0 Å². The molecule has 0 saturated carbocycles. The third kappa shape index (κ3) is 3.37. The van der Waals surface area contributed by atoms with E-state index in [1.165, 1.54) is 0 Å². The zero-order chi connectivity index (χ0) is 14.6. The van der Waals surface area contributed by atoms with Crippen molar-refractivity contribution in [3.05, 3.63) is 35.9 Å². The largest absolute Gasteiger partial charge is 0.376 e. The van der Waals surface area contributed by atoms with E-state index in [4.69, 9.17) is 10.5 Å². The summed E-state index contributed by atoms with van der Waals surface area (Å²) in [6.07, 6.45) is 0.877. The Kier molecular flexibility index (Phi) is 4.77. The predicted octanol–water partition coefficient (Wildman–Crippen LogP) is 1.86. The first-order valence-electron chi connectivity index (χ1n) is 7.16. The number of hydrogen-bond acceptors (Lipinski definition) is 4. The van der Waals surface area contributed by atoms with Gasteiger partial charge in [0.2, 0.25) is 0 Å². The molecule has 108 valence electrons. The summed E-state index contributed by atoms with van der Waals surface area (Å²) < 4.78 is 5.63. The van der Waals surface area contributed by atoms with E-state index in [1.807, 2.05) is 30.3 Å². The van der Waals surface area contributed by atoms with Crippen LogP contribution in [0.1, 0.15) is 25.8 Å². The lowest BCUT2D eigenvalue weighted by atomic mass is 9.89. The van der Waals surface area contributed by atoms with Crippen LogP contribution in [-0.4, -0.2) is 36.7 Å². The molecule has 0 spiro atoms. The molecule has 2 rings (SSSR count). The number of morpholine rings is 1. The Hall–Kier alpha value is -1.41. The zero-order valence-corrected chi connectivity index (χ0v) is 12.2. The minimum atomic E-state index is -0.914.